The number of carbonyl (C=O) groups excluding carboxylic acids is 2. The molecular formula is C32H37Cl3F2N6O3. The molecule has 0 bridgehead atoms. The van der Waals surface area contributed by atoms with Gasteiger partial charge in [0.1, 0.15) is 18.3 Å². The lowest BCUT2D eigenvalue weighted by atomic mass is 9.97. The van der Waals surface area contributed by atoms with Crippen molar-refractivity contribution < 1.29 is 23.1 Å². The number of rotatable bonds is 10. The number of carbonyl (C=O) groups is 2. The highest BCUT2D eigenvalue weighted by atomic mass is 35.5. The van der Waals surface area contributed by atoms with E-state index in [1.54, 1.807) is 23.1 Å². The number of anilines is 1. The summed E-state index contributed by atoms with van der Waals surface area (Å²) in [6.07, 6.45) is 2.08. The van der Waals surface area contributed by atoms with Crippen LogP contribution in [-0.2, 0) is 29.2 Å². The molecule has 0 aliphatic carbocycles. The third-order valence-electron chi connectivity index (χ3n) is 7.54. The van der Waals surface area contributed by atoms with E-state index in [9.17, 15) is 18.4 Å². The highest BCUT2D eigenvalue weighted by Crippen LogP contribution is 2.32. The van der Waals surface area contributed by atoms with Gasteiger partial charge in [-0.25, -0.2) is 18.7 Å². The highest BCUT2D eigenvalue weighted by molar-refractivity contribution is 6.06. The summed E-state index contributed by atoms with van der Waals surface area (Å²) in [6, 6.07) is 13.9. The van der Waals surface area contributed by atoms with E-state index in [0.29, 0.717) is 36.0 Å². The molecule has 1 aromatic heterocycles. The van der Waals surface area contributed by atoms with Gasteiger partial charge in [0.25, 0.3) is 5.91 Å². The van der Waals surface area contributed by atoms with Crippen molar-refractivity contribution in [3.63, 3.8) is 0 Å². The molecule has 248 valence electrons. The van der Waals surface area contributed by atoms with Gasteiger partial charge in [0.15, 0.2) is 11.6 Å². The summed E-state index contributed by atoms with van der Waals surface area (Å²) in [7, 11) is 3.94. The maximum atomic E-state index is 14.5. The zero-order valence-electron chi connectivity index (χ0n) is 25.4. The molecule has 3 aromatic carbocycles. The van der Waals surface area contributed by atoms with Crippen LogP contribution < -0.4 is 11.5 Å². The van der Waals surface area contributed by atoms with Crippen LogP contribution in [0.15, 0.2) is 54.6 Å². The number of nitrogen functional groups attached to an aromatic ring is 1. The number of unbranched alkanes of at least 4 members (excludes halogenated alkanes) is 1. The van der Waals surface area contributed by atoms with Gasteiger partial charge in [-0.15, -0.1) is 37.2 Å². The summed E-state index contributed by atoms with van der Waals surface area (Å²) in [5.74, 6) is -3.15. The van der Waals surface area contributed by atoms with E-state index in [2.05, 4.69) is 9.97 Å². The van der Waals surface area contributed by atoms with Crippen LogP contribution in [0, 0.1) is 11.6 Å². The van der Waals surface area contributed by atoms with E-state index in [0.717, 1.165) is 42.6 Å². The summed E-state index contributed by atoms with van der Waals surface area (Å²) in [5, 5.41) is 0.403. The molecule has 4 N–H and O–H groups in total. The van der Waals surface area contributed by atoms with Crippen LogP contribution in [0.3, 0.4) is 0 Å². The predicted octanol–water partition coefficient (Wildman–Crippen LogP) is 5.68. The third kappa shape index (κ3) is 8.80. The molecule has 1 amide bonds. The van der Waals surface area contributed by atoms with Gasteiger partial charge in [-0.2, -0.15) is 0 Å². The van der Waals surface area contributed by atoms with E-state index >= 15 is 0 Å². The fourth-order valence-electron chi connectivity index (χ4n) is 5.25. The van der Waals surface area contributed by atoms with E-state index in [1.165, 1.54) is 0 Å². The number of esters is 1. The molecule has 14 heteroatoms. The minimum Gasteiger partial charge on any atom is -0.460 e. The second-order valence-electron chi connectivity index (χ2n) is 11.0. The van der Waals surface area contributed by atoms with Gasteiger partial charge in [-0.3, -0.25) is 9.59 Å². The van der Waals surface area contributed by atoms with Crippen LogP contribution in [0.4, 0.5) is 14.7 Å². The second kappa shape index (κ2) is 16.8. The Bertz CT molecular complexity index is 1670. The van der Waals surface area contributed by atoms with Crippen LogP contribution in [0.5, 0.6) is 0 Å². The zero-order valence-corrected chi connectivity index (χ0v) is 27.8. The lowest BCUT2D eigenvalue weighted by Crippen LogP contribution is -2.32. The number of ether oxygens (including phenoxy) is 1. The smallest absolute Gasteiger partial charge is 0.323 e. The van der Waals surface area contributed by atoms with Crippen LogP contribution >= 0.6 is 37.2 Å². The Morgan fingerprint density at radius 3 is 2.26 bits per heavy atom. The van der Waals surface area contributed by atoms with Crippen LogP contribution in [-0.4, -0.2) is 58.3 Å². The van der Waals surface area contributed by atoms with Gasteiger partial charge < -0.3 is 26.0 Å². The Morgan fingerprint density at radius 2 is 1.61 bits per heavy atom. The number of hydrogen-bond donors (Lipinski definition) is 2. The maximum absolute atomic E-state index is 14.5. The lowest BCUT2D eigenvalue weighted by Gasteiger charge is -2.17. The van der Waals surface area contributed by atoms with Gasteiger partial charge in [0, 0.05) is 24.0 Å². The molecule has 5 rings (SSSR count). The molecule has 0 unspecified atom stereocenters. The predicted molar refractivity (Wildman–Crippen MR) is 181 cm³/mol. The Hall–Kier alpha value is -3.61. The molecule has 0 saturated carbocycles. The maximum Gasteiger partial charge on any atom is 0.323 e. The Kier molecular flexibility index (Phi) is 14.1. The zero-order chi connectivity index (χ0) is 30.7. The van der Waals surface area contributed by atoms with Gasteiger partial charge >= 0.3 is 5.97 Å². The summed E-state index contributed by atoms with van der Waals surface area (Å²) in [6.45, 7) is 1.42. The second-order valence-corrected chi connectivity index (χ2v) is 11.0. The number of benzene rings is 3. The molecule has 0 radical (unpaired) electrons. The molecule has 1 aliphatic rings. The van der Waals surface area contributed by atoms with Gasteiger partial charge in [0.2, 0.25) is 5.95 Å². The number of aromatic nitrogens is 2. The first-order chi connectivity index (χ1) is 20.6. The number of amides is 1. The van der Waals surface area contributed by atoms with Crippen molar-refractivity contribution >= 4 is 65.9 Å². The number of nitrogens with zero attached hydrogens (tertiary/aromatic N) is 4. The molecule has 1 aliphatic heterocycles. The topological polar surface area (TPSA) is 128 Å². The van der Waals surface area contributed by atoms with Gasteiger partial charge in [-0.1, -0.05) is 36.8 Å². The largest absolute Gasteiger partial charge is 0.460 e. The summed E-state index contributed by atoms with van der Waals surface area (Å²) in [4.78, 5) is 38.5. The summed E-state index contributed by atoms with van der Waals surface area (Å²) < 4.78 is 34.3. The Labute approximate surface area is 284 Å². The molecule has 4 aromatic rings. The van der Waals surface area contributed by atoms with Crippen molar-refractivity contribution in [2.24, 2.45) is 5.73 Å². The highest BCUT2D eigenvalue weighted by Gasteiger charge is 2.27. The van der Waals surface area contributed by atoms with Crippen LogP contribution in [0.25, 0.3) is 22.0 Å². The first-order valence-electron chi connectivity index (χ1n) is 14.1. The Morgan fingerprint density at radius 1 is 0.957 bits per heavy atom. The number of nitrogens with two attached hydrogens (primary N) is 2. The fourth-order valence-corrected chi connectivity index (χ4v) is 5.25. The van der Waals surface area contributed by atoms with E-state index in [4.69, 9.17) is 16.2 Å². The first-order valence-corrected chi connectivity index (χ1v) is 14.1. The molecule has 1 atom stereocenters. The molecule has 0 saturated heterocycles. The Balaban J connectivity index is 0.00000245. The average Bonchev–Trinajstić information content (AvgIpc) is 3.43. The van der Waals surface area contributed by atoms with Crippen molar-refractivity contribution in [1.82, 2.24) is 19.8 Å². The quantitative estimate of drug-likeness (QED) is 0.160. The molecule has 9 nitrogen and oxygen atoms in total. The van der Waals surface area contributed by atoms with Crippen molar-refractivity contribution in [2.45, 2.75) is 45.0 Å². The lowest BCUT2D eigenvalue weighted by molar-refractivity contribution is -0.146. The molecule has 46 heavy (non-hydrogen) atoms. The van der Waals surface area contributed by atoms with Crippen molar-refractivity contribution in [3.05, 3.63) is 88.6 Å². The van der Waals surface area contributed by atoms with Crippen molar-refractivity contribution in [1.29, 1.82) is 0 Å². The number of hydrogen-bond acceptors (Lipinski definition) is 8. The number of halogens is 5. The van der Waals surface area contributed by atoms with Crippen LogP contribution in [0.2, 0.25) is 0 Å². The normalized spacial score (nSPS) is 12.5. The monoisotopic (exact) mass is 696 g/mol. The minimum atomic E-state index is -1.08. The van der Waals surface area contributed by atoms with Gasteiger partial charge in [0.05, 0.1) is 5.52 Å². The molecule has 0 spiro atoms. The molecule has 2 heterocycles. The fraction of sp³-hybridized carbons (Fsp3) is 0.312. The minimum absolute atomic E-state index is 0. The van der Waals surface area contributed by atoms with Crippen molar-refractivity contribution in [2.75, 3.05) is 26.4 Å². The summed E-state index contributed by atoms with van der Waals surface area (Å²) >= 11 is 0. The average molecular weight is 698 g/mol. The standard InChI is InChI=1S/C32H34F2N6O3.3ClH/c1-39(2)12-6-5-9-27(35)31(42)43-18-22-14-25(33)26(34)15-23(22)19-10-11-28-24(13-19)29(38-32(36)37-28)30(41)40-16-20-7-3-4-8-21(20)17-40;;;/h3-4,7-8,10-11,13-15,27H,5-6,9,12,16-18,35H2,1-2H3,(H2,36,37,38);3*1H/t27-;;;/m0.../s1. The summed E-state index contributed by atoms with van der Waals surface area (Å²) in [5.41, 5.74) is 15.6. The van der Waals surface area contributed by atoms with E-state index in [1.807, 2.05) is 43.3 Å². The van der Waals surface area contributed by atoms with Gasteiger partial charge in [-0.05, 0) is 80.0 Å². The molecular weight excluding hydrogens is 661 g/mol. The number of fused-ring (bicyclic) bond motifs is 2. The third-order valence-corrected chi connectivity index (χ3v) is 7.54. The van der Waals surface area contributed by atoms with Crippen LogP contribution in [0.1, 0.15) is 46.4 Å². The SMILES string of the molecule is CN(C)CCCC[C@H](N)C(=O)OCc1cc(F)c(F)cc1-c1ccc2nc(N)nc(C(=O)N3Cc4ccccc4C3)c2c1.Cl.Cl.Cl. The first kappa shape index (κ1) is 38.6. The van der Waals surface area contributed by atoms with E-state index < -0.39 is 23.6 Å². The van der Waals surface area contributed by atoms with E-state index in [-0.39, 0.29) is 72.5 Å². The molecule has 0 fully saturated rings. The van der Waals surface area contributed by atoms with Crippen molar-refractivity contribution in [3.8, 4) is 11.1 Å².